The smallest absolute Gasteiger partial charge is 0.0793 e. The minimum absolute atomic E-state index is 0.134. The van der Waals surface area contributed by atoms with Crippen LogP contribution < -0.4 is 0 Å². The SMILES string of the molecule is COC(C)c1ccc(-c2ccc(-c3ccccc3)cc2)cc1. The van der Waals surface area contributed by atoms with Crippen LogP contribution in [0.15, 0.2) is 78.9 Å². The Morgan fingerprint density at radius 1 is 0.591 bits per heavy atom. The first-order chi connectivity index (χ1) is 10.8. The lowest BCUT2D eigenvalue weighted by Crippen LogP contribution is -1.94. The summed E-state index contributed by atoms with van der Waals surface area (Å²) in [6, 6.07) is 27.7. The Balaban J connectivity index is 1.84. The molecule has 0 amide bonds. The third kappa shape index (κ3) is 3.10. The van der Waals surface area contributed by atoms with Crippen molar-refractivity contribution in [3.05, 3.63) is 84.4 Å². The summed E-state index contributed by atoms with van der Waals surface area (Å²) in [4.78, 5) is 0. The number of ether oxygens (including phenoxy) is 1. The van der Waals surface area contributed by atoms with E-state index in [1.807, 2.05) is 6.07 Å². The van der Waals surface area contributed by atoms with Crippen LogP contribution in [0.25, 0.3) is 22.3 Å². The first-order valence-corrected chi connectivity index (χ1v) is 7.56. The van der Waals surface area contributed by atoms with E-state index in [4.69, 9.17) is 4.74 Å². The van der Waals surface area contributed by atoms with Crippen LogP contribution in [-0.4, -0.2) is 7.11 Å². The van der Waals surface area contributed by atoms with E-state index in [0.29, 0.717) is 0 Å². The third-order valence-electron chi connectivity index (χ3n) is 4.06. The van der Waals surface area contributed by atoms with Gasteiger partial charge >= 0.3 is 0 Å². The van der Waals surface area contributed by atoms with Gasteiger partial charge in [0, 0.05) is 7.11 Å². The normalized spacial score (nSPS) is 12.1. The van der Waals surface area contributed by atoms with Crippen molar-refractivity contribution >= 4 is 0 Å². The second-order valence-corrected chi connectivity index (χ2v) is 5.44. The number of rotatable bonds is 4. The van der Waals surface area contributed by atoms with Gasteiger partial charge in [-0.2, -0.15) is 0 Å². The zero-order valence-electron chi connectivity index (χ0n) is 13.0. The quantitative estimate of drug-likeness (QED) is 0.596. The molecular formula is C21H20O. The highest BCUT2D eigenvalue weighted by atomic mass is 16.5. The Morgan fingerprint density at radius 3 is 1.45 bits per heavy atom. The maximum Gasteiger partial charge on any atom is 0.0793 e. The summed E-state index contributed by atoms with van der Waals surface area (Å²) in [5.41, 5.74) is 6.16. The molecule has 3 rings (SSSR count). The number of hydrogen-bond donors (Lipinski definition) is 0. The third-order valence-corrected chi connectivity index (χ3v) is 4.06. The van der Waals surface area contributed by atoms with Crippen LogP contribution in [0.5, 0.6) is 0 Å². The first kappa shape index (κ1) is 14.6. The molecule has 0 heterocycles. The summed E-state index contributed by atoms with van der Waals surface area (Å²) >= 11 is 0. The zero-order valence-corrected chi connectivity index (χ0v) is 13.0. The average molecular weight is 288 g/mol. The predicted octanol–water partition coefficient (Wildman–Crippen LogP) is 5.73. The Bertz CT molecular complexity index is 712. The van der Waals surface area contributed by atoms with Gasteiger partial charge in [-0.05, 0) is 34.7 Å². The number of methoxy groups -OCH3 is 1. The lowest BCUT2D eigenvalue weighted by molar-refractivity contribution is 0.119. The van der Waals surface area contributed by atoms with Crippen molar-refractivity contribution in [3.63, 3.8) is 0 Å². The Kier molecular flexibility index (Phi) is 4.36. The molecule has 0 aliphatic carbocycles. The van der Waals surface area contributed by atoms with Crippen molar-refractivity contribution in [2.24, 2.45) is 0 Å². The van der Waals surface area contributed by atoms with Crippen LogP contribution in [0.2, 0.25) is 0 Å². The van der Waals surface area contributed by atoms with Crippen LogP contribution in [-0.2, 0) is 4.74 Å². The minimum atomic E-state index is 0.134. The summed E-state index contributed by atoms with van der Waals surface area (Å²) in [6.07, 6.45) is 0.134. The van der Waals surface area contributed by atoms with Crippen molar-refractivity contribution < 1.29 is 4.74 Å². The average Bonchev–Trinajstić information content (AvgIpc) is 2.62. The van der Waals surface area contributed by atoms with E-state index in [1.165, 1.54) is 27.8 Å². The van der Waals surface area contributed by atoms with Crippen molar-refractivity contribution in [2.45, 2.75) is 13.0 Å². The minimum Gasteiger partial charge on any atom is -0.377 e. The fourth-order valence-electron chi connectivity index (χ4n) is 2.57. The highest BCUT2D eigenvalue weighted by molar-refractivity contribution is 5.70. The maximum atomic E-state index is 5.35. The lowest BCUT2D eigenvalue weighted by Gasteiger charge is -2.11. The Morgan fingerprint density at radius 2 is 1.00 bits per heavy atom. The van der Waals surface area contributed by atoms with Gasteiger partial charge in [-0.15, -0.1) is 0 Å². The summed E-state index contributed by atoms with van der Waals surface area (Å²) in [7, 11) is 1.74. The fraction of sp³-hybridized carbons (Fsp3) is 0.143. The van der Waals surface area contributed by atoms with Gasteiger partial charge in [0.2, 0.25) is 0 Å². The van der Waals surface area contributed by atoms with Crippen LogP contribution in [0.1, 0.15) is 18.6 Å². The summed E-state index contributed by atoms with van der Waals surface area (Å²) < 4.78 is 5.35. The molecule has 1 unspecified atom stereocenters. The summed E-state index contributed by atoms with van der Waals surface area (Å²) in [5.74, 6) is 0. The molecule has 1 nitrogen and oxygen atoms in total. The van der Waals surface area contributed by atoms with Crippen molar-refractivity contribution in [3.8, 4) is 22.3 Å². The van der Waals surface area contributed by atoms with Crippen molar-refractivity contribution in [1.82, 2.24) is 0 Å². The van der Waals surface area contributed by atoms with Gasteiger partial charge in [0.15, 0.2) is 0 Å². The molecule has 0 saturated carbocycles. The van der Waals surface area contributed by atoms with Gasteiger partial charge in [0.1, 0.15) is 0 Å². The summed E-state index contributed by atoms with van der Waals surface area (Å²) in [6.45, 7) is 2.06. The first-order valence-electron chi connectivity index (χ1n) is 7.56. The largest absolute Gasteiger partial charge is 0.377 e. The molecule has 0 aromatic heterocycles. The molecule has 3 aromatic rings. The zero-order chi connectivity index (χ0) is 15.4. The van der Waals surface area contributed by atoms with Crippen LogP contribution in [0.3, 0.4) is 0 Å². The standard InChI is InChI=1S/C21H20O/c1-16(22-2)17-8-10-20(11-9-17)21-14-12-19(13-15-21)18-6-4-3-5-7-18/h3-16H,1-2H3. The molecule has 0 fully saturated rings. The van der Waals surface area contributed by atoms with Gasteiger partial charge in [-0.25, -0.2) is 0 Å². The molecule has 0 radical (unpaired) electrons. The van der Waals surface area contributed by atoms with Gasteiger partial charge in [-0.3, -0.25) is 0 Å². The van der Waals surface area contributed by atoms with Crippen molar-refractivity contribution in [1.29, 1.82) is 0 Å². The van der Waals surface area contributed by atoms with E-state index >= 15 is 0 Å². The lowest BCUT2D eigenvalue weighted by atomic mass is 9.99. The molecule has 0 N–H and O–H groups in total. The predicted molar refractivity (Wildman–Crippen MR) is 92.7 cm³/mol. The molecule has 0 saturated heterocycles. The molecule has 0 bridgehead atoms. The van der Waals surface area contributed by atoms with E-state index in [0.717, 1.165) is 0 Å². The molecule has 0 aliphatic heterocycles. The topological polar surface area (TPSA) is 9.23 Å². The highest BCUT2D eigenvalue weighted by Gasteiger charge is 2.04. The van der Waals surface area contributed by atoms with Gasteiger partial charge < -0.3 is 4.74 Å². The summed E-state index contributed by atoms with van der Waals surface area (Å²) in [5, 5.41) is 0. The van der Waals surface area contributed by atoms with E-state index in [-0.39, 0.29) is 6.10 Å². The monoisotopic (exact) mass is 288 g/mol. The molecule has 22 heavy (non-hydrogen) atoms. The fourth-order valence-corrected chi connectivity index (χ4v) is 2.57. The van der Waals surface area contributed by atoms with E-state index in [1.54, 1.807) is 7.11 Å². The Labute approximate surface area is 132 Å². The van der Waals surface area contributed by atoms with Crippen molar-refractivity contribution in [2.75, 3.05) is 7.11 Å². The molecule has 110 valence electrons. The van der Waals surface area contributed by atoms with Gasteiger partial charge in [-0.1, -0.05) is 78.9 Å². The molecule has 0 aliphatic rings. The van der Waals surface area contributed by atoms with E-state index in [2.05, 4.69) is 79.7 Å². The molecule has 3 aromatic carbocycles. The van der Waals surface area contributed by atoms with E-state index in [9.17, 15) is 0 Å². The molecular weight excluding hydrogens is 268 g/mol. The number of benzene rings is 3. The van der Waals surface area contributed by atoms with Crippen LogP contribution >= 0.6 is 0 Å². The molecule has 1 heteroatoms. The maximum absolute atomic E-state index is 5.35. The van der Waals surface area contributed by atoms with Gasteiger partial charge in [0.25, 0.3) is 0 Å². The molecule has 1 atom stereocenters. The number of hydrogen-bond acceptors (Lipinski definition) is 1. The molecule has 0 spiro atoms. The second-order valence-electron chi connectivity index (χ2n) is 5.44. The van der Waals surface area contributed by atoms with E-state index < -0.39 is 0 Å². The van der Waals surface area contributed by atoms with Crippen LogP contribution in [0.4, 0.5) is 0 Å². The van der Waals surface area contributed by atoms with Crippen LogP contribution in [0, 0.1) is 0 Å². The highest BCUT2D eigenvalue weighted by Crippen LogP contribution is 2.26. The van der Waals surface area contributed by atoms with Gasteiger partial charge in [0.05, 0.1) is 6.10 Å². The second kappa shape index (κ2) is 6.59. The Hall–Kier alpha value is -2.38.